The second-order valence-corrected chi connectivity index (χ2v) is 5.84. The highest BCUT2D eigenvalue weighted by Crippen LogP contribution is 2.27. The van der Waals surface area contributed by atoms with Crippen molar-refractivity contribution < 1.29 is 9.53 Å². The molecule has 2 heterocycles. The minimum atomic E-state index is -0.345. The molecule has 0 saturated carbocycles. The monoisotopic (exact) mass is 346 g/mol. The number of benzene rings is 1. The van der Waals surface area contributed by atoms with Crippen molar-refractivity contribution in [3.8, 4) is 16.5 Å². The van der Waals surface area contributed by atoms with E-state index >= 15 is 0 Å². The number of hydrogen-bond donors (Lipinski definition) is 1. The van der Waals surface area contributed by atoms with Crippen LogP contribution >= 0.6 is 22.9 Å². The van der Waals surface area contributed by atoms with Crippen molar-refractivity contribution in [2.45, 2.75) is 0 Å². The van der Waals surface area contributed by atoms with Gasteiger partial charge in [0.15, 0.2) is 5.01 Å². The van der Waals surface area contributed by atoms with Crippen LogP contribution in [0.2, 0.25) is 5.02 Å². The molecular formula is C15H11ClN4O2S. The van der Waals surface area contributed by atoms with Crippen molar-refractivity contribution >= 4 is 34.0 Å². The van der Waals surface area contributed by atoms with Crippen LogP contribution in [0.3, 0.4) is 0 Å². The molecule has 8 heteroatoms. The van der Waals surface area contributed by atoms with E-state index in [1.807, 2.05) is 18.2 Å². The first-order valence-electron chi connectivity index (χ1n) is 6.57. The maximum Gasteiger partial charge on any atom is 0.261 e. The number of nitrogens with one attached hydrogen (secondary N) is 1. The Hall–Kier alpha value is -2.51. The average molecular weight is 347 g/mol. The van der Waals surface area contributed by atoms with Crippen LogP contribution in [0, 0.1) is 0 Å². The first-order chi connectivity index (χ1) is 11.2. The third kappa shape index (κ3) is 3.46. The van der Waals surface area contributed by atoms with E-state index in [1.165, 1.54) is 18.4 Å². The summed E-state index contributed by atoms with van der Waals surface area (Å²) < 4.78 is 5.17. The van der Waals surface area contributed by atoms with Gasteiger partial charge in [0, 0.05) is 11.2 Å². The fourth-order valence-corrected chi connectivity index (χ4v) is 2.76. The van der Waals surface area contributed by atoms with Gasteiger partial charge >= 0.3 is 0 Å². The number of amides is 1. The van der Waals surface area contributed by atoms with Crippen molar-refractivity contribution in [1.82, 2.24) is 15.2 Å². The van der Waals surface area contributed by atoms with Crippen LogP contribution in [-0.4, -0.2) is 28.2 Å². The van der Waals surface area contributed by atoms with Gasteiger partial charge in [0.2, 0.25) is 5.13 Å². The Morgan fingerprint density at radius 2 is 2.13 bits per heavy atom. The summed E-state index contributed by atoms with van der Waals surface area (Å²) in [5, 5.41) is 12.2. The lowest BCUT2D eigenvalue weighted by atomic mass is 10.2. The highest BCUT2D eigenvalue weighted by molar-refractivity contribution is 7.18. The van der Waals surface area contributed by atoms with Gasteiger partial charge in [-0.25, -0.2) is 0 Å². The van der Waals surface area contributed by atoms with E-state index in [0.717, 1.165) is 0 Å². The van der Waals surface area contributed by atoms with Crippen LogP contribution in [0.5, 0.6) is 5.75 Å². The number of halogens is 1. The lowest BCUT2D eigenvalue weighted by Crippen LogP contribution is -2.13. The summed E-state index contributed by atoms with van der Waals surface area (Å²) >= 11 is 7.13. The van der Waals surface area contributed by atoms with Crippen LogP contribution < -0.4 is 10.1 Å². The summed E-state index contributed by atoms with van der Waals surface area (Å²) in [6.07, 6.45) is 1.67. The van der Waals surface area contributed by atoms with Gasteiger partial charge in [-0.1, -0.05) is 29.0 Å². The Morgan fingerprint density at radius 3 is 2.87 bits per heavy atom. The second-order valence-electron chi connectivity index (χ2n) is 4.43. The van der Waals surface area contributed by atoms with Gasteiger partial charge in [-0.2, -0.15) is 0 Å². The molecule has 0 bridgehead atoms. The van der Waals surface area contributed by atoms with E-state index in [9.17, 15) is 4.79 Å². The quantitative estimate of drug-likeness (QED) is 0.782. The molecule has 1 amide bonds. The van der Waals surface area contributed by atoms with E-state index < -0.39 is 0 Å². The van der Waals surface area contributed by atoms with Crippen LogP contribution in [0.1, 0.15) is 10.4 Å². The van der Waals surface area contributed by atoms with Crippen LogP contribution in [-0.2, 0) is 0 Å². The summed E-state index contributed by atoms with van der Waals surface area (Å²) in [4.78, 5) is 16.5. The van der Waals surface area contributed by atoms with Crippen molar-refractivity contribution in [1.29, 1.82) is 0 Å². The van der Waals surface area contributed by atoms with Gasteiger partial charge < -0.3 is 4.74 Å². The van der Waals surface area contributed by atoms with Gasteiger partial charge in [0.25, 0.3) is 5.91 Å². The number of carbonyl (C=O) groups is 1. The molecule has 0 aliphatic rings. The number of carbonyl (C=O) groups excluding carboxylic acids is 1. The zero-order valence-corrected chi connectivity index (χ0v) is 13.6. The predicted molar refractivity (Wildman–Crippen MR) is 89.1 cm³/mol. The molecule has 3 rings (SSSR count). The highest BCUT2D eigenvalue weighted by atomic mass is 35.5. The number of nitrogens with zero attached hydrogens (tertiary/aromatic N) is 3. The Bertz CT molecular complexity index is 839. The topological polar surface area (TPSA) is 77.0 Å². The Kier molecular flexibility index (Phi) is 4.50. The molecule has 0 saturated heterocycles. The maximum atomic E-state index is 12.3. The molecule has 0 aliphatic carbocycles. The van der Waals surface area contributed by atoms with E-state index in [1.54, 1.807) is 24.4 Å². The first kappa shape index (κ1) is 15.4. The van der Waals surface area contributed by atoms with Crippen molar-refractivity contribution in [2.24, 2.45) is 0 Å². The number of methoxy groups -OCH3 is 1. The summed E-state index contributed by atoms with van der Waals surface area (Å²) in [7, 11) is 1.48. The molecule has 0 unspecified atom stereocenters. The molecular weight excluding hydrogens is 336 g/mol. The van der Waals surface area contributed by atoms with Crippen LogP contribution in [0.15, 0.2) is 42.6 Å². The summed E-state index contributed by atoms with van der Waals surface area (Å²) in [6, 6.07) is 10.3. The number of aromatic nitrogens is 3. The van der Waals surface area contributed by atoms with Gasteiger partial charge in [0.1, 0.15) is 11.4 Å². The molecule has 23 heavy (non-hydrogen) atoms. The van der Waals surface area contributed by atoms with Crippen molar-refractivity contribution in [3.63, 3.8) is 0 Å². The third-order valence-corrected chi connectivity index (χ3v) is 4.03. The molecule has 1 N–H and O–H groups in total. The van der Waals surface area contributed by atoms with E-state index in [2.05, 4.69) is 20.5 Å². The SMILES string of the molecule is COc1cc(Cl)ccc1C(=O)Nc1nnc(-c2ccccn2)s1. The fraction of sp³-hybridized carbons (Fsp3) is 0.0667. The van der Waals surface area contributed by atoms with Crippen LogP contribution in [0.4, 0.5) is 5.13 Å². The standard InChI is InChI=1S/C15H11ClN4O2S/c1-22-12-8-9(16)5-6-10(12)13(21)18-15-20-19-14(23-15)11-4-2-3-7-17-11/h2-8H,1H3,(H,18,20,21). The maximum absolute atomic E-state index is 12.3. The molecule has 116 valence electrons. The minimum absolute atomic E-state index is 0.345. The van der Waals surface area contributed by atoms with Crippen molar-refractivity contribution in [2.75, 3.05) is 12.4 Å². The molecule has 2 aromatic heterocycles. The van der Waals surface area contributed by atoms with E-state index in [0.29, 0.717) is 32.2 Å². The molecule has 0 fully saturated rings. The molecule has 0 spiro atoms. The Morgan fingerprint density at radius 1 is 1.26 bits per heavy atom. The largest absolute Gasteiger partial charge is 0.496 e. The number of ether oxygens (including phenoxy) is 1. The number of hydrogen-bond acceptors (Lipinski definition) is 6. The zero-order valence-electron chi connectivity index (χ0n) is 12.0. The third-order valence-electron chi connectivity index (χ3n) is 2.94. The van der Waals surface area contributed by atoms with Gasteiger partial charge in [-0.15, -0.1) is 10.2 Å². The summed E-state index contributed by atoms with van der Waals surface area (Å²) in [5.41, 5.74) is 1.07. The molecule has 3 aromatic rings. The average Bonchev–Trinajstić information content (AvgIpc) is 3.04. The van der Waals surface area contributed by atoms with Crippen LogP contribution in [0.25, 0.3) is 10.7 Å². The second kappa shape index (κ2) is 6.72. The smallest absolute Gasteiger partial charge is 0.261 e. The minimum Gasteiger partial charge on any atom is -0.496 e. The highest BCUT2D eigenvalue weighted by Gasteiger charge is 2.15. The zero-order chi connectivity index (χ0) is 16.2. The molecule has 1 aromatic carbocycles. The molecule has 0 atom stereocenters. The lowest BCUT2D eigenvalue weighted by Gasteiger charge is -2.07. The van der Waals surface area contributed by atoms with Gasteiger partial charge in [-0.3, -0.25) is 15.1 Å². The van der Waals surface area contributed by atoms with Gasteiger partial charge in [0.05, 0.1) is 12.7 Å². The number of anilines is 1. The van der Waals surface area contributed by atoms with E-state index in [-0.39, 0.29) is 5.91 Å². The van der Waals surface area contributed by atoms with E-state index in [4.69, 9.17) is 16.3 Å². The summed E-state index contributed by atoms with van der Waals surface area (Å²) in [5.74, 6) is 0.0479. The van der Waals surface area contributed by atoms with Crippen molar-refractivity contribution in [3.05, 3.63) is 53.2 Å². The molecule has 6 nitrogen and oxygen atoms in total. The molecule has 0 radical (unpaired) electrons. The first-order valence-corrected chi connectivity index (χ1v) is 7.76. The lowest BCUT2D eigenvalue weighted by molar-refractivity contribution is 0.102. The Labute approximate surface area is 141 Å². The summed E-state index contributed by atoms with van der Waals surface area (Å²) in [6.45, 7) is 0. The fourth-order valence-electron chi connectivity index (χ4n) is 1.88. The normalized spacial score (nSPS) is 10.3. The number of rotatable bonds is 4. The van der Waals surface area contributed by atoms with Gasteiger partial charge in [-0.05, 0) is 30.3 Å². The predicted octanol–water partition coefficient (Wildman–Crippen LogP) is 3.51. The Balaban J connectivity index is 1.80. The molecule has 0 aliphatic heterocycles. The number of pyridine rings is 1.